The van der Waals surface area contributed by atoms with E-state index in [9.17, 15) is 4.79 Å². The number of rotatable bonds is 7. The van der Waals surface area contributed by atoms with Crippen molar-refractivity contribution in [2.45, 2.75) is 19.3 Å². The molecule has 0 radical (unpaired) electrons. The highest BCUT2D eigenvalue weighted by molar-refractivity contribution is 5.76. The highest BCUT2D eigenvalue weighted by Gasteiger charge is 2.07. The van der Waals surface area contributed by atoms with Crippen molar-refractivity contribution in [2.75, 3.05) is 6.54 Å². The molecule has 0 spiro atoms. The summed E-state index contributed by atoms with van der Waals surface area (Å²) in [5, 5.41) is 15.6. The first-order chi connectivity index (χ1) is 13.3. The topological polar surface area (TPSA) is 77.1 Å². The normalized spacial score (nSPS) is 11.0. The van der Waals surface area contributed by atoms with Gasteiger partial charge < -0.3 is 5.32 Å². The van der Waals surface area contributed by atoms with Crippen molar-refractivity contribution < 1.29 is 4.79 Å². The standard InChI is InChI=1S/C20H20N6O/c27-20(21-12-11-19-24-23-18-8-4-5-13-25(18)19)10-9-16-14-22-26(15-16)17-6-2-1-3-7-17/h1-8,13-15H,9-12H2,(H,21,27). The molecule has 3 heterocycles. The van der Waals surface area contributed by atoms with E-state index in [1.165, 1.54) is 0 Å². The van der Waals surface area contributed by atoms with E-state index >= 15 is 0 Å². The van der Waals surface area contributed by atoms with E-state index in [4.69, 9.17) is 0 Å². The molecular formula is C20H20N6O. The largest absolute Gasteiger partial charge is 0.356 e. The van der Waals surface area contributed by atoms with Crippen LogP contribution in [0.4, 0.5) is 0 Å². The van der Waals surface area contributed by atoms with Crippen molar-refractivity contribution in [3.8, 4) is 5.69 Å². The van der Waals surface area contributed by atoms with Gasteiger partial charge in [0.2, 0.25) is 5.91 Å². The molecule has 0 saturated heterocycles. The van der Waals surface area contributed by atoms with Crippen LogP contribution in [0.25, 0.3) is 11.3 Å². The molecule has 4 aromatic rings. The number of nitrogens with one attached hydrogen (secondary N) is 1. The van der Waals surface area contributed by atoms with Gasteiger partial charge in [-0.05, 0) is 36.2 Å². The van der Waals surface area contributed by atoms with Crippen LogP contribution in [0.2, 0.25) is 0 Å². The maximum atomic E-state index is 12.1. The van der Waals surface area contributed by atoms with Crippen LogP contribution >= 0.6 is 0 Å². The van der Waals surface area contributed by atoms with E-state index in [1.54, 1.807) is 0 Å². The van der Waals surface area contributed by atoms with Crippen LogP contribution in [0.15, 0.2) is 67.1 Å². The zero-order valence-corrected chi connectivity index (χ0v) is 14.8. The Morgan fingerprint density at radius 2 is 1.85 bits per heavy atom. The fourth-order valence-electron chi connectivity index (χ4n) is 2.93. The van der Waals surface area contributed by atoms with Gasteiger partial charge in [-0.15, -0.1) is 10.2 Å². The number of carbonyl (C=O) groups is 1. The van der Waals surface area contributed by atoms with E-state index < -0.39 is 0 Å². The number of pyridine rings is 1. The summed E-state index contributed by atoms with van der Waals surface area (Å²) in [7, 11) is 0. The molecule has 0 bridgehead atoms. The summed E-state index contributed by atoms with van der Waals surface area (Å²) in [5.74, 6) is 0.867. The van der Waals surface area contributed by atoms with Gasteiger partial charge in [-0.3, -0.25) is 9.20 Å². The van der Waals surface area contributed by atoms with Crippen molar-refractivity contribution in [3.05, 3.63) is 78.5 Å². The molecule has 27 heavy (non-hydrogen) atoms. The Kier molecular flexibility index (Phi) is 4.91. The molecule has 0 unspecified atom stereocenters. The summed E-state index contributed by atoms with van der Waals surface area (Å²) >= 11 is 0. The summed E-state index contributed by atoms with van der Waals surface area (Å²) in [6.45, 7) is 0.539. The second kappa shape index (κ2) is 7.82. The van der Waals surface area contributed by atoms with Gasteiger partial charge in [0.15, 0.2) is 5.65 Å². The molecule has 0 saturated carbocycles. The lowest BCUT2D eigenvalue weighted by molar-refractivity contribution is -0.121. The molecular weight excluding hydrogens is 340 g/mol. The predicted molar refractivity (Wildman–Crippen MR) is 102 cm³/mol. The van der Waals surface area contributed by atoms with Gasteiger partial charge in [-0.25, -0.2) is 4.68 Å². The number of para-hydroxylation sites is 1. The third kappa shape index (κ3) is 4.03. The molecule has 136 valence electrons. The van der Waals surface area contributed by atoms with E-state index in [0.717, 1.165) is 22.7 Å². The number of hydrogen-bond donors (Lipinski definition) is 1. The van der Waals surface area contributed by atoms with Gasteiger partial charge in [0, 0.05) is 31.8 Å². The van der Waals surface area contributed by atoms with Gasteiger partial charge in [0.1, 0.15) is 5.82 Å². The van der Waals surface area contributed by atoms with Crippen LogP contribution in [0.5, 0.6) is 0 Å². The number of benzene rings is 1. The molecule has 0 aliphatic heterocycles. The number of aromatic nitrogens is 5. The molecule has 7 heteroatoms. The lowest BCUT2D eigenvalue weighted by atomic mass is 10.2. The Bertz CT molecular complexity index is 1040. The summed E-state index contributed by atoms with van der Waals surface area (Å²) in [6.07, 6.45) is 7.43. The van der Waals surface area contributed by atoms with Gasteiger partial charge in [-0.1, -0.05) is 24.3 Å². The third-order valence-electron chi connectivity index (χ3n) is 4.35. The predicted octanol–water partition coefficient (Wildman–Crippen LogP) is 2.21. The van der Waals surface area contributed by atoms with E-state index in [0.29, 0.717) is 25.8 Å². The molecule has 1 N–H and O–H groups in total. The molecule has 3 aromatic heterocycles. The number of nitrogens with zero attached hydrogens (tertiary/aromatic N) is 5. The minimum Gasteiger partial charge on any atom is -0.356 e. The molecule has 0 fully saturated rings. The van der Waals surface area contributed by atoms with Crippen LogP contribution in [0.1, 0.15) is 17.8 Å². The third-order valence-corrected chi connectivity index (χ3v) is 4.35. The van der Waals surface area contributed by atoms with Crippen LogP contribution in [-0.4, -0.2) is 36.8 Å². The molecule has 7 nitrogen and oxygen atoms in total. The Morgan fingerprint density at radius 3 is 2.74 bits per heavy atom. The summed E-state index contributed by atoms with van der Waals surface area (Å²) in [4.78, 5) is 12.1. The van der Waals surface area contributed by atoms with Crippen molar-refractivity contribution in [2.24, 2.45) is 0 Å². The van der Waals surface area contributed by atoms with Crippen LogP contribution in [-0.2, 0) is 17.6 Å². The number of aryl methyl sites for hydroxylation is 1. The van der Waals surface area contributed by atoms with Gasteiger partial charge in [0.05, 0.1) is 11.9 Å². The summed E-state index contributed by atoms with van der Waals surface area (Å²) in [6, 6.07) is 15.7. The van der Waals surface area contributed by atoms with Crippen LogP contribution in [0, 0.1) is 0 Å². The molecule has 0 aliphatic rings. The number of amides is 1. The first kappa shape index (κ1) is 17.0. The lowest BCUT2D eigenvalue weighted by Gasteiger charge is -2.04. The van der Waals surface area contributed by atoms with Crippen molar-refractivity contribution in [3.63, 3.8) is 0 Å². The molecule has 1 aromatic carbocycles. The highest BCUT2D eigenvalue weighted by atomic mass is 16.1. The number of fused-ring (bicyclic) bond motifs is 1. The average molecular weight is 360 g/mol. The molecule has 4 rings (SSSR count). The average Bonchev–Trinajstić information content (AvgIpc) is 3.35. The Balaban J connectivity index is 1.25. The lowest BCUT2D eigenvalue weighted by Crippen LogP contribution is -2.26. The van der Waals surface area contributed by atoms with Crippen molar-refractivity contribution in [1.29, 1.82) is 0 Å². The van der Waals surface area contributed by atoms with E-state index in [1.807, 2.05) is 76.2 Å². The van der Waals surface area contributed by atoms with Crippen molar-refractivity contribution >= 4 is 11.6 Å². The zero-order valence-electron chi connectivity index (χ0n) is 14.8. The summed E-state index contributed by atoms with van der Waals surface area (Å²) in [5.41, 5.74) is 2.86. The van der Waals surface area contributed by atoms with E-state index in [2.05, 4.69) is 20.6 Å². The SMILES string of the molecule is O=C(CCc1cnn(-c2ccccc2)c1)NCCc1nnc2ccccn12. The maximum Gasteiger partial charge on any atom is 0.220 e. The van der Waals surface area contributed by atoms with Gasteiger partial charge >= 0.3 is 0 Å². The Labute approximate surface area is 156 Å². The Hall–Kier alpha value is -3.48. The molecule has 1 amide bonds. The van der Waals surface area contributed by atoms with Crippen LogP contribution < -0.4 is 5.32 Å². The fourth-order valence-corrected chi connectivity index (χ4v) is 2.93. The zero-order chi connectivity index (χ0) is 18.5. The fraction of sp³-hybridized carbons (Fsp3) is 0.200. The quantitative estimate of drug-likeness (QED) is 0.548. The maximum absolute atomic E-state index is 12.1. The van der Waals surface area contributed by atoms with Gasteiger partial charge in [-0.2, -0.15) is 5.10 Å². The minimum absolute atomic E-state index is 0.0243. The monoisotopic (exact) mass is 360 g/mol. The second-order valence-electron chi connectivity index (χ2n) is 6.27. The molecule has 0 aliphatic carbocycles. The Morgan fingerprint density at radius 1 is 1.00 bits per heavy atom. The van der Waals surface area contributed by atoms with Gasteiger partial charge in [0.25, 0.3) is 0 Å². The number of hydrogen-bond acceptors (Lipinski definition) is 4. The minimum atomic E-state index is 0.0243. The van der Waals surface area contributed by atoms with Crippen LogP contribution in [0.3, 0.4) is 0 Å². The van der Waals surface area contributed by atoms with Crippen molar-refractivity contribution in [1.82, 2.24) is 29.7 Å². The van der Waals surface area contributed by atoms with E-state index in [-0.39, 0.29) is 5.91 Å². The smallest absolute Gasteiger partial charge is 0.220 e. The second-order valence-corrected chi connectivity index (χ2v) is 6.27. The highest BCUT2D eigenvalue weighted by Crippen LogP contribution is 2.09. The summed E-state index contributed by atoms with van der Waals surface area (Å²) < 4.78 is 3.76. The number of carbonyl (C=O) groups excluding carboxylic acids is 1. The first-order valence-electron chi connectivity index (χ1n) is 8.94. The molecule has 0 atom stereocenters. The first-order valence-corrected chi connectivity index (χ1v) is 8.94.